The molecule has 3 heterocycles. The first-order valence-corrected chi connectivity index (χ1v) is 9.07. The number of rotatable bonds is 3. The van der Waals surface area contributed by atoms with Gasteiger partial charge in [-0.1, -0.05) is 29.8 Å². The van der Waals surface area contributed by atoms with E-state index in [1.165, 1.54) is 14.6 Å². The van der Waals surface area contributed by atoms with Crippen LogP contribution in [-0.4, -0.2) is 38.1 Å². The van der Waals surface area contributed by atoms with Crippen molar-refractivity contribution >= 4 is 23.2 Å². The van der Waals surface area contributed by atoms with Crippen LogP contribution in [-0.2, 0) is 11.3 Å². The van der Waals surface area contributed by atoms with Crippen LogP contribution < -0.4 is 5.69 Å². The van der Waals surface area contributed by atoms with Gasteiger partial charge in [-0.05, 0) is 48.6 Å². The fraction of sp³-hybridized carbons (Fsp3) is 0.316. The number of aromatic nitrogens is 3. The number of hydrogen-bond donors (Lipinski definition) is 0. The van der Waals surface area contributed by atoms with Gasteiger partial charge >= 0.3 is 5.69 Å². The fourth-order valence-corrected chi connectivity index (χ4v) is 3.72. The van der Waals surface area contributed by atoms with Crippen LogP contribution in [0.15, 0.2) is 53.5 Å². The Bertz CT molecular complexity index is 1000. The molecule has 1 amide bonds. The van der Waals surface area contributed by atoms with Crippen molar-refractivity contribution in [3.8, 4) is 0 Å². The van der Waals surface area contributed by atoms with Crippen LogP contribution in [0.2, 0.25) is 5.02 Å². The molecule has 2 aromatic heterocycles. The first kappa shape index (κ1) is 16.8. The SMILES string of the molecule is O=C(Cn1nc2ccccn2c1=O)N1CCC(c2cccc(Cl)c2)CC1. The molecule has 1 aromatic carbocycles. The maximum absolute atomic E-state index is 12.6. The van der Waals surface area contributed by atoms with Gasteiger partial charge in [0.25, 0.3) is 0 Å². The summed E-state index contributed by atoms with van der Waals surface area (Å²) in [6, 6.07) is 13.3. The molecule has 0 saturated carbocycles. The van der Waals surface area contributed by atoms with Gasteiger partial charge in [-0.3, -0.25) is 9.20 Å². The second-order valence-corrected chi connectivity index (χ2v) is 7.02. The molecule has 0 bridgehead atoms. The van der Waals surface area contributed by atoms with E-state index < -0.39 is 0 Å². The lowest BCUT2D eigenvalue weighted by molar-refractivity contribution is -0.133. The van der Waals surface area contributed by atoms with Crippen molar-refractivity contribution in [2.24, 2.45) is 0 Å². The minimum absolute atomic E-state index is 0.0255. The van der Waals surface area contributed by atoms with Crippen LogP contribution in [0.5, 0.6) is 0 Å². The number of pyridine rings is 1. The molecule has 1 aliphatic rings. The second-order valence-electron chi connectivity index (χ2n) is 6.58. The Morgan fingerprint density at radius 3 is 2.69 bits per heavy atom. The zero-order chi connectivity index (χ0) is 18.1. The number of benzene rings is 1. The largest absolute Gasteiger partial charge is 0.350 e. The highest BCUT2D eigenvalue weighted by Crippen LogP contribution is 2.29. The minimum Gasteiger partial charge on any atom is -0.341 e. The molecule has 0 radical (unpaired) electrons. The Balaban J connectivity index is 1.42. The maximum Gasteiger partial charge on any atom is 0.350 e. The highest BCUT2D eigenvalue weighted by molar-refractivity contribution is 6.30. The predicted molar refractivity (Wildman–Crippen MR) is 99.5 cm³/mol. The van der Waals surface area contributed by atoms with Crippen molar-refractivity contribution in [1.82, 2.24) is 19.1 Å². The molecule has 3 aromatic rings. The van der Waals surface area contributed by atoms with Gasteiger partial charge in [-0.15, -0.1) is 5.10 Å². The number of carbonyl (C=O) groups is 1. The molecule has 7 heteroatoms. The number of fused-ring (bicyclic) bond motifs is 1. The summed E-state index contributed by atoms with van der Waals surface area (Å²) in [6.07, 6.45) is 3.44. The summed E-state index contributed by atoms with van der Waals surface area (Å²) in [7, 11) is 0. The molecule has 0 spiro atoms. The minimum atomic E-state index is -0.289. The van der Waals surface area contributed by atoms with E-state index in [-0.39, 0.29) is 18.1 Å². The molecular weight excluding hydrogens is 352 g/mol. The Hall–Kier alpha value is -2.60. The summed E-state index contributed by atoms with van der Waals surface area (Å²) in [5.74, 6) is 0.343. The zero-order valence-electron chi connectivity index (χ0n) is 14.2. The monoisotopic (exact) mass is 370 g/mol. The van der Waals surface area contributed by atoms with E-state index in [9.17, 15) is 9.59 Å². The lowest BCUT2D eigenvalue weighted by atomic mass is 9.89. The van der Waals surface area contributed by atoms with Crippen LogP contribution in [0.3, 0.4) is 0 Å². The molecule has 134 valence electrons. The first-order valence-electron chi connectivity index (χ1n) is 8.69. The average molecular weight is 371 g/mol. The van der Waals surface area contributed by atoms with Crippen molar-refractivity contribution in [3.63, 3.8) is 0 Å². The zero-order valence-corrected chi connectivity index (χ0v) is 15.0. The summed E-state index contributed by atoms with van der Waals surface area (Å²) >= 11 is 6.08. The summed E-state index contributed by atoms with van der Waals surface area (Å²) < 4.78 is 2.68. The second kappa shape index (κ2) is 6.96. The average Bonchev–Trinajstić information content (AvgIpc) is 2.98. The molecule has 0 aliphatic carbocycles. The van der Waals surface area contributed by atoms with E-state index in [0.717, 1.165) is 17.9 Å². The fourth-order valence-electron chi connectivity index (χ4n) is 3.52. The normalized spacial score (nSPS) is 15.5. The van der Waals surface area contributed by atoms with E-state index in [0.29, 0.717) is 24.7 Å². The maximum atomic E-state index is 12.6. The van der Waals surface area contributed by atoms with Crippen molar-refractivity contribution in [3.05, 3.63) is 69.7 Å². The van der Waals surface area contributed by atoms with E-state index in [1.807, 2.05) is 29.2 Å². The van der Waals surface area contributed by atoms with Gasteiger partial charge in [0.15, 0.2) is 5.65 Å². The summed E-state index contributed by atoms with van der Waals surface area (Å²) in [4.78, 5) is 26.7. The quantitative estimate of drug-likeness (QED) is 0.712. The highest BCUT2D eigenvalue weighted by atomic mass is 35.5. The third kappa shape index (κ3) is 3.24. The van der Waals surface area contributed by atoms with E-state index in [4.69, 9.17) is 11.6 Å². The highest BCUT2D eigenvalue weighted by Gasteiger charge is 2.24. The Kier molecular flexibility index (Phi) is 4.51. The number of hydrogen-bond acceptors (Lipinski definition) is 3. The molecule has 4 rings (SSSR count). The molecule has 0 unspecified atom stereocenters. The van der Waals surface area contributed by atoms with Crippen molar-refractivity contribution < 1.29 is 4.79 Å². The molecule has 1 fully saturated rings. The van der Waals surface area contributed by atoms with Crippen molar-refractivity contribution in [2.75, 3.05) is 13.1 Å². The standard InChI is InChI=1S/C19H19ClN4O2/c20-16-5-3-4-15(12-16)14-7-10-22(11-8-14)18(25)13-24-19(26)23-9-2-1-6-17(23)21-24/h1-6,9,12,14H,7-8,10-11,13H2. The lowest BCUT2D eigenvalue weighted by Gasteiger charge is -2.32. The van der Waals surface area contributed by atoms with Crippen LogP contribution >= 0.6 is 11.6 Å². The van der Waals surface area contributed by atoms with Crippen LogP contribution in [0.25, 0.3) is 5.65 Å². The van der Waals surface area contributed by atoms with Gasteiger partial charge in [-0.25, -0.2) is 9.48 Å². The number of likely N-dealkylation sites (tertiary alicyclic amines) is 1. The van der Waals surface area contributed by atoms with Gasteiger partial charge in [0.05, 0.1) is 0 Å². The van der Waals surface area contributed by atoms with E-state index in [2.05, 4.69) is 11.2 Å². The molecule has 0 atom stereocenters. The Morgan fingerprint density at radius 1 is 1.15 bits per heavy atom. The van der Waals surface area contributed by atoms with Gasteiger partial charge in [0.2, 0.25) is 5.91 Å². The van der Waals surface area contributed by atoms with Crippen LogP contribution in [0, 0.1) is 0 Å². The number of halogens is 1. The Labute approximate surface area is 155 Å². The van der Waals surface area contributed by atoms with Gasteiger partial charge in [0, 0.05) is 24.3 Å². The number of piperidine rings is 1. The van der Waals surface area contributed by atoms with Crippen molar-refractivity contribution in [2.45, 2.75) is 25.3 Å². The first-order chi connectivity index (χ1) is 12.6. The van der Waals surface area contributed by atoms with Gasteiger partial charge in [-0.2, -0.15) is 0 Å². The lowest BCUT2D eigenvalue weighted by Crippen LogP contribution is -2.41. The molecular formula is C19H19ClN4O2. The van der Waals surface area contributed by atoms with E-state index >= 15 is 0 Å². The topological polar surface area (TPSA) is 59.6 Å². The molecule has 26 heavy (non-hydrogen) atoms. The number of nitrogens with zero attached hydrogens (tertiary/aromatic N) is 4. The van der Waals surface area contributed by atoms with Crippen LogP contribution in [0.1, 0.15) is 24.3 Å². The molecule has 6 nitrogen and oxygen atoms in total. The molecule has 1 saturated heterocycles. The van der Waals surface area contributed by atoms with Crippen LogP contribution in [0.4, 0.5) is 0 Å². The summed E-state index contributed by atoms with van der Waals surface area (Å²) in [6.45, 7) is 1.33. The third-order valence-corrected chi connectivity index (χ3v) is 5.18. The molecule has 0 N–H and O–H groups in total. The van der Waals surface area contributed by atoms with Gasteiger partial charge < -0.3 is 4.90 Å². The third-order valence-electron chi connectivity index (χ3n) is 4.94. The summed E-state index contributed by atoms with van der Waals surface area (Å²) in [5.41, 5.74) is 1.48. The smallest absolute Gasteiger partial charge is 0.341 e. The van der Waals surface area contributed by atoms with E-state index in [1.54, 1.807) is 18.3 Å². The number of amides is 1. The van der Waals surface area contributed by atoms with Gasteiger partial charge in [0.1, 0.15) is 6.54 Å². The van der Waals surface area contributed by atoms with Crippen molar-refractivity contribution in [1.29, 1.82) is 0 Å². The Morgan fingerprint density at radius 2 is 1.96 bits per heavy atom. The summed E-state index contributed by atoms with van der Waals surface area (Å²) in [5, 5.41) is 4.97. The predicted octanol–water partition coefficient (Wildman–Crippen LogP) is 2.56. The number of carbonyl (C=O) groups excluding carboxylic acids is 1. The molecule has 1 aliphatic heterocycles.